The zero-order chi connectivity index (χ0) is 14.9. The molecule has 2 aromatic carbocycles. The van der Waals surface area contributed by atoms with Crippen molar-refractivity contribution in [3.8, 4) is 0 Å². The molecule has 2 N–H and O–H groups in total. The molecule has 0 aliphatic rings. The molecule has 0 unspecified atom stereocenters. The van der Waals surface area contributed by atoms with E-state index in [1.165, 1.54) is 0 Å². The second kappa shape index (κ2) is 5.13. The minimum atomic E-state index is 0.0166. The average Bonchev–Trinajstić information content (AvgIpc) is 3.05. The van der Waals surface area contributed by atoms with Gasteiger partial charge in [0.25, 0.3) is 0 Å². The number of nitrogens with one attached hydrogen (secondary N) is 1. The fourth-order valence-corrected chi connectivity index (χ4v) is 2.58. The summed E-state index contributed by atoms with van der Waals surface area (Å²) in [5.74, 6) is 0.742. The molecule has 2 heterocycles. The van der Waals surface area contributed by atoms with Crippen LogP contribution >= 0.6 is 0 Å². The van der Waals surface area contributed by atoms with E-state index < -0.39 is 0 Å². The lowest BCUT2D eigenvalue weighted by atomic mass is 10.2. The normalized spacial score (nSPS) is 11.1. The highest BCUT2D eigenvalue weighted by Crippen LogP contribution is 2.24. The maximum absolute atomic E-state index is 9.25. The topological polar surface area (TPSA) is 62.5 Å². The second-order valence-corrected chi connectivity index (χ2v) is 5.08. The number of aromatic nitrogens is 3. The van der Waals surface area contributed by atoms with Crippen LogP contribution in [0.1, 0.15) is 5.56 Å². The highest BCUT2D eigenvalue weighted by Gasteiger charge is 2.08. The van der Waals surface area contributed by atoms with Crippen molar-refractivity contribution in [3.05, 3.63) is 66.6 Å². The molecule has 0 atom stereocenters. The van der Waals surface area contributed by atoms with Crippen molar-refractivity contribution in [3.63, 3.8) is 0 Å². The summed E-state index contributed by atoms with van der Waals surface area (Å²) in [4.78, 5) is 8.92. The number of rotatable bonds is 3. The molecule has 4 rings (SSSR count). The van der Waals surface area contributed by atoms with Crippen molar-refractivity contribution in [2.24, 2.45) is 0 Å². The maximum Gasteiger partial charge on any atom is 0.157 e. The third kappa shape index (κ3) is 2.08. The first kappa shape index (κ1) is 12.8. The summed E-state index contributed by atoms with van der Waals surface area (Å²) in [7, 11) is 0. The van der Waals surface area contributed by atoms with Gasteiger partial charge < -0.3 is 10.4 Å². The maximum atomic E-state index is 9.25. The Morgan fingerprint density at radius 1 is 1.05 bits per heavy atom. The van der Waals surface area contributed by atoms with Crippen LogP contribution < -0.4 is 5.32 Å². The molecule has 0 aliphatic heterocycles. The van der Waals surface area contributed by atoms with Crippen LogP contribution in [0, 0.1) is 0 Å². The lowest BCUT2D eigenvalue weighted by Gasteiger charge is -2.10. The molecule has 0 saturated carbocycles. The lowest BCUT2D eigenvalue weighted by Crippen LogP contribution is -1.99. The Labute approximate surface area is 126 Å². The first-order valence-electron chi connectivity index (χ1n) is 7.03. The molecule has 5 nitrogen and oxygen atoms in total. The Morgan fingerprint density at radius 3 is 2.86 bits per heavy atom. The Balaban J connectivity index is 1.87. The van der Waals surface area contributed by atoms with Gasteiger partial charge >= 0.3 is 0 Å². The van der Waals surface area contributed by atoms with Gasteiger partial charge in [-0.1, -0.05) is 24.3 Å². The molecule has 0 amide bonds. The van der Waals surface area contributed by atoms with Crippen LogP contribution in [0.3, 0.4) is 0 Å². The largest absolute Gasteiger partial charge is 0.392 e. The van der Waals surface area contributed by atoms with Crippen LogP contribution in [-0.4, -0.2) is 19.5 Å². The van der Waals surface area contributed by atoms with Crippen LogP contribution in [0.25, 0.3) is 16.6 Å². The van der Waals surface area contributed by atoms with E-state index in [2.05, 4.69) is 10.3 Å². The molecule has 22 heavy (non-hydrogen) atoms. The number of hydrogen-bond donors (Lipinski definition) is 2. The first-order chi connectivity index (χ1) is 10.8. The van der Waals surface area contributed by atoms with E-state index in [1.807, 2.05) is 52.9 Å². The van der Waals surface area contributed by atoms with Gasteiger partial charge in [-0.2, -0.15) is 0 Å². The predicted octanol–water partition coefficient (Wildman–Crippen LogP) is 3.12. The van der Waals surface area contributed by atoms with Crippen LogP contribution in [0.15, 0.2) is 61.1 Å². The minimum absolute atomic E-state index is 0.0166. The van der Waals surface area contributed by atoms with Gasteiger partial charge in [0.2, 0.25) is 0 Å². The zero-order valence-corrected chi connectivity index (χ0v) is 11.8. The van der Waals surface area contributed by atoms with Crippen LogP contribution in [0.4, 0.5) is 11.5 Å². The van der Waals surface area contributed by atoms with Crippen molar-refractivity contribution < 1.29 is 5.11 Å². The molecule has 0 bridgehead atoms. The number of nitrogens with zero attached hydrogens (tertiary/aromatic N) is 3. The van der Waals surface area contributed by atoms with E-state index >= 15 is 0 Å². The lowest BCUT2D eigenvalue weighted by molar-refractivity contribution is 0.282. The first-order valence-corrected chi connectivity index (χ1v) is 7.03. The molecule has 108 valence electrons. The fourth-order valence-electron chi connectivity index (χ4n) is 2.58. The van der Waals surface area contributed by atoms with Gasteiger partial charge in [-0.15, -0.1) is 0 Å². The Morgan fingerprint density at radius 2 is 1.95 bits per heavy atom. The molecule has 4 aromatic rings. The minimum Gasteiger partial charge on any atom is -0.392 e. The molecular weight excluding hydrogens is 276 g/mol. The van der Waals surface area contributed by atoms with Crippen molar-refractivity contribution >= 4 is 28.1 Å². The number of aliphatic hydroxyl groups excluding tert-OH is 1. The van der Waals surface area contributed by atoms with Gasteiger partial charge in [0.1, 0.15) is 5.52 Å². The van der Waals surface area contributed by atoms with Gasteiger partial charge in [-0.3, -0.25) is 4.40 Å². The summed E-state index contributed by atoms with van der Waals surface area (Å²) in [5.41, 5.74) is 4.57. The van der Waals surface area contributed by atoms with Gasteiger partial charge in [-0.25, -0.2) is 9.97 Å². The van der Waals surface area contributed by atoms with Gasteiger partial charge in [-0.05, 0) is 29.8 Å². The number of hydrogen-bond acceptors (Lipinski definition) is 4. The monoisotopic (exact) mass is 290 g/mol. The number of anilines is 2. The summed E-state index contributed by atoms with van der Waals surface area (Å²) in [6.07, 6.45) is 3.58. The molecule has 0 fully saturated rings. The summed E-state index contributed by atoms with van der Waals surface area (Å²) in [6, 6.07) is 15.6. The van der Waals surface area contributed by atoms with Crippen LogP contribution in [0.5, 0.6) is 0 Å². The summed E-state index contributed by atoms with van der Waals surface area (Å²) >= 11 is 0. The number of aliphatic hydroxyl groups is 1. The van der Waals surface area contributed by atoms with E-state index in [0.29, 0.717) is 0 Å². The van der Waals surface area contributed by atoms with Crippen LogP contribution in [0.2, 0.25) is 0 Å². The SMILES string of the molecule is OCc1cccc(Nc2nc3ccccc3n3cncc23)c1. The average molecular weight is 290 g/mol. The number of fused-ring (bicyclic) bond motifs is 3. The highest BCUT2D eigenvalue weighted by atomic mass is 16.3. The fraction of sp³-hybridized carbons (Fsp3) is 0.0588. The third-order valence-corrected chi connectivity index (χ3v) is 3.63. The van der Waals surface area contributed by atoms with Crippen LogP contribution in [-0.2, 0) is 6.61 Å². The number of para-hydroxylation sites is 2. The van der Waals surface area contributed by atoms with Crippen molar-refractivity contribution in [2.45, 2.75) is 6.61 Å². The predicted molar refractivity (Wildman–Crippen MR) is 86.1 cm³/mol. The van der Waals surface area contributed by atoms with E-state index in [-0.39, 0.29) is 6.61 Å². The molecule has 2 aromatic heterocycles. The Hall–Kier alpha value is -2.92. The molecule has 5 heteroatoms. The van der Waals surface area contributed by atoms with E-state index in [1.54, 1.807) is 12.5 Å². The summed E-state index contributed by atoms with van der Waals surface area (Å²) < 4.78 is 2.01. The van der Waals surface area contributed by atoms with Gasteiger partial charge in [0.15, 0.2) is 5.82 Å². The molecule has 0 aliphatic carbocycles. The van der Waals surface area contributed by atoms with Crippen molar-refractivity contribution in [1.29, 1.82) is 0 Å². The zero-order valence-electron chi connectivity index (χ0n) is 11.8. The standard InChI is InChI=1S/C17H14N4O/c22-10-12-4-3-5-13(8-12)19-17-16-9-18-11-21(16)15-7-2-1-6-14(15)20-17/h1-9,11,22H,10H2,(H,19,20). The van der Waals surface area contributed by atoms with E-state index in [0.717, 1.165) is 33.6 Å². The molecule has 0 radical (unpaired) electrons. The second-order valence-electron chi connectivity index (χ2n) is 5.08. The van der Waals surface area contributed by atoms with Gasteiger partial charge in [0, 0.05) is 5.69 Å². The molecule has 0 saturated heterocycles. The van der Waals surface area contributed by atoms with Gasteiger partial charge in [0.05, 0.1) is 30.2 Å². The van der Waals surface area contributed by atoms with Crippen molar-refractivity contribution in [2.75, 3.05) is 5.32 Å². The van der Waals surface area contributed by atoms with Crippen molar-refractivity contribution in [1.82, 2.24) is 14.4 Å². The Bertz CT molecular complexity index is 961. The molecular formula is C17H14N4O. The van der Waals surface area contributed by atoms with E-state index in [4.69, 9.17) is 4.98 Å². The highest BCUT2D eigenvalue weighted by molar-refractivity contribution is 5.85. The third-order valence-electron chi connectivity index (χ3n) is 3.63. The number of imidazole rings is 1. The smallest absolute Gasteiger partial charge is 0.157 e. The summed E-state index contributed by atoms with van der Waals surface area (Å²) in [5, 5.41) is 12.6. The number of benzene rings is 2. The van der Waals surface area contributed by atoms with E-state index in [9.17, 15) is 5.11 Å². The summed E-state index contributed by atoms with van der Waals surface area (Å²) in [6.45, 7) is 0.0166. The molecule has 0 spiro atoms. The quantitative estimate of drug-likeness (QED) is 0.608. The Kier molecular flexibility index (Phi) is 2.98.